The van der Waals surface area contributed by atoms with E-state index in [1.807, 2.05) is 57.2 Å². The highest BCUT2D eigenvalue weighted by Crippen LogP contribution is 2.22. The van der Waals surface area contributed by atoms with Gasteiger partial charge in [0.1, 0.15) is 17.3 Å². The van der Waals surface area contributed by atoms with Crippen LogP contribution in [0.25, 0.3) is 0 Å². The minimum Gasteiger partial charge on any atom is -0.497 e. The van der Waals surface area contributed by atoms with Crippen molar-refractivity contribution < 1.29 is 9.53 Å². The third-order valence-corrected chi connectivity index (χ3v) is 4.47. The van der Waals surface area contributed by atoms with Gasteiger partial charge >= 0.3 is 0 Å². The molecule has 1 aromatic heterocycles. The van der Waals surface area contributed by atoms with E-state index in [1.54, 1.807) is 7.11 Å². The summed E-state index contributed by atoms with van der Waals surface area (Å²) in [6.07, 6.45) is 0.406. The van der Waals surface area contributed by atoms with Crippen LogP contribution < -0.4 is 15.6 Å². The van der Waals surface area contributed by atoms with Crippen molar-refractivity contribution in [2.75, 3.05) is 12.4 Å². The van der Waals surface area contributed by atoms with Gasteiger partial charge in [-0.3, -0.25) is 9.59 Å². The smallest absolute Gasteiger partial charge is 0.274 e. The van der Waals surface area contributed by atoms with Crippen LogP contribution in [0.15, 0.2) is 47.3 Å². The van der Waals surface area contributed by atoms with E-state index in [0.717, 1.165) is 33.7 Å². The van der Waals surface area contributed by atoms with Crippen molar-refractivity contribution in [3.8, 4) is 5.75 Å². The van der Waals surface area contributed by atoms with Crippen molar-refractivity contribution in [2.24, 2.45) is 0 Å². The summed E-state index contributed by atoms with van der Waals surface area (Å²) in [5.41, 5.74) is 4.49. The van der Waals surface area contributed by atoms with Crippen molar-refractivity contribution in [3.63, 3.8) is 0 Å². The molecule has 0 bridgehead atoms. The first kappa shape index (κ1) is 19.4. The van der Waals surface area contributed by atoms with Crippen LogP contribution in [0.2, 0.25) is 0 Å². The summed E-state index contributed by atoms with van der Waals surface area (Å²) in [5, 5.41) is 2.88. The van der Waals surface area contributed by atoms with Crippen LogP contribution >= 0.6 is 0 Å². The number of amides is 1. The number of ether oxygens (including phenoxy) is 1. The zero-order valence-corrected chi connectivity index (χ0v) is 16.4. The number of aromatic nitrogens is 2. The maximum atomic E-state index is 12.7. The molecule has 0 atom stereocenters. The minimum absolute atomic E-state index is 0.0895. The first-order valence-corrected chi connectivity index (χ1v) is 8.98. The van der Waals surface area contributed by atoms with Gasteiger partial charge in [-0.15, -0.1) is 0 Å². The lowest BCUT2D eigenvalue weighted by Gasteiger charge is -2.13. The summed E-state index contributed by atoms with van der Waals surface area (Å²) in [6, 6.07) is 12.7. The Kier molecular flexibility index (Phi) is 5.59. The monoisotopic (exact) mass is 377 g/mol. The average Bonchev–Trinajstić information content (AvgIpc) is 2.64. The van der Waals surface area contributed by atoms with E-state index < -0.39 is 5.91 Å². The van der Waals surface area contributed by atoms with Crippen molar-refractivity contribution in [1.82, 2.24) is 9.97 Å². The number of methoxy groups -OCH3 is 1. The number of H-pyrrole nitrogens is 1. The summed E-state index contributed by atoms with van der Waals surface area (Å²) >= 11 is 0. The Hall–Kier alpha value is -3.41. The quantitative estimate of drug-likeness (QED) is 0.712. The van der Waals surface area contributed by atoms with Gasteiger partial charge in [-0.2, -0.15) is 0 Å². The second-order valence-corrected chi connectivity index (χ2v) is 6.83. The Morgan fingerprint density at radius 3 is 2.32 bits per heavy atom. The third-order valence-electron chi connectivity index (χ3n) is 4.47. The van der Waals surface area contributed by atoms with Crippen LogP contribution in [-0.4, -0.2) is 23.0 Å². The molecule has 28 heavy (non-hydrogen) atoms. The van der Waals surface area contributed by atoms with Crippen LogP contribution in [0.5, 0.6) is 5.75 Å². The fourth-order valence-corrected chi connectivity index (χ4v) is 3.20. The number of aromatic amines is 1. The van der Waals surface area contributed by atoms with Gasteiger partial charge in [0.2, 0.25) is 0 Å². The Balaban J connectivity index is 1.84. The van der Waals surface area contributed by atoms with Gasteiger partial charge in [0, 0.05) is 18.2 Å². The summed E-state index contributed by atoms with van der Waals surface area (Å²) in [6.45, 7) is 5.89. The average molecular weight is 377 g/mol. The van der Waals surface area contributed by atoms with Crippen molar-refractivity contribution >= 4 is 11.6 Å². The summed E-state index contributed by atoms with van der Waals surface area (Å²) in [4.78, 5) is 31.8. The zero-order chi connectivity index (χ0) is 20.3. The van der Waals surface area contributed by atoms with Gasteiger partial charge in [-0.25, -0.2) is 4.98 Å². The molecular weight excluding hydrogens is 354 g/mol. The van der Waals surface area contributed by atoms with E-state index in [-0.39, 0.29) is 11.3 Å². The highest BCUT2D eigenvalue weighted by atomic mass is 16.5. The molecule has 6 nitrogen and oxygen atoms in total. The molecule has 1 heterocycles. The number of carbonyl (C=O) groups is 1. The number of nitrogens with one attached hydrogen (secondary N) is 2. The van der Waals surface area contributed by atoms with Gasteiger partial charge in [0.05, 0.1) is 7.11 Å². The molecule has 0 aliphatic carbocycles. The Morgan fingerprint density at radius 2 is 1.71 bits per heavy atom. The molecule has 2 aromatic carbocycles. The zero-order valence-electron chi connectivity index (χ0n) is 16.4. The molecule has 0 aliphatic rings. The highest BCUT2D eigenvalue weighted by Gasteiger charge is 2.14. The largest absolute Gasteiger partial charge is 0.497 e. The normalized spacial score (nSPS) is 10.6. The van der Waals surface area contributed by atoms with E-state index in [1.165, 1.54) is 6.07 Å². The Labute approximate surface area is 163 Å². The number of carbonyl (C=O) groups excluding carboxylic acids is 1. The summed E-state index contributed by atoms with van der Waals surface area (Å²) < 4.78 is 5.15. The van der Waals surface area contributed by atoms with Crippen LogP contribution in [0.3, 0.4) is 0 Å². The van der Waals surface area contributed by atoms with E-state index in [0.29, 0.717) is 12.2 Å². The molecule has 0 aliphatic heterocycles. The molecule has 0 saturated carbocycles. The summed E-state index contributed by atoms with van der Waals surface area (Å²) in [7, 11) is 1.60. The molecule has 0 unspecified atom stereocenters. The summed E-state index contributed by atoms with van der Waals surface area (Å²) in [5.74, 6) is 0.777. The molecule has 0 fully saturated rings. The first-order valence-electron chi connectivity index (χ1n) is 8.98. The van der Waals surface area contributed by atoms with Gasteiger partial charge in [-0.05, 0) is 49.6 Å². The maximum absolute atomic E-state index is 12.7. The van der Waals surface area contributed by atoms with E-state index in [9.17, 15) is 9.59 Å². The topological polar surface area (TPSA) is 84.1 Å². The van der Waals surface area contributed by atoms with Crippen LogP contribution in [0.1, 0.15) is 38.6 Å². The fraction of sp³-hybridized carbons (Fsp3) is 0.227. The van der Waals surface area contributed by atoms with Crippen molar-refractivity contribution in [3.05, 3.63) is 86.6 Å². The number of benzene rings is 2. The molecule has 3 aromatic rings. The van der Waals surface area contributed by atoms with Crippen LogP contribution in [0.4, 0.5) is 5.69 Å². The second-order valence-electron chi connectivity index (χ2n) is 6.83. The SMILES string of the molecule is COc1ccc(Cc2nc(C(=O)Nc3c(C)cc(C)cc3C)cc(=O)[nH]2)cc1. The molecule has 2 N–H and O–H groups in total. The number of anilines is 1. The molecule has 144 valence electrons. The number of hydrogen-bond acceptors (Lipinski definition) is 4. The lowest BCUT2D eigenvalue weighted by Crippen LogP contribution is -2.21. The molecule has 1 amide bonds. The number of rotatable bonds is 5. The van der Waals surface area contributed by atoms with Crippen LogP contribution in [0, 0.1) is 20.8 Å². The van der Waals surface area contributed by atoms with E-state index in [2.05, 4.69) is 15.3 Å². The lowest BCUT2D eigenvalue weighted by atomic mass is 10.0. The number of nitrogens with zero attached hydrogens (tertiary/aromatic N) is 1. The second kappa shape index (κ2) is 8.08. The Bertz CT molecular complexity index is 1050. The fourth-order valence-electron chi connectivity index (χ4n) is 3.20. The highest BCUT2D eigenvalue weighted by molar-refractivity contribution is 6.03. The molecule has 6 heteroatoms. The van der Waals surface area contributed by atoms with Crippen molar-refractivity contribution in [2.45, 2.75) is 27.2 Å². The molecular formula is C22H23N3O3. The van der Waals surface area contributed by atoms with Crippen LogP contribution in [-0.2, 0) is 6.42 Å². The Morgan fingerprint density at radius 1 is 1.07 bits per heavy atom. The van der Waals surface area contributed by atoms with E-state index >= 15 is 0 Å². The van der Waals surface area contributed by atoms with Gasteiger partial charge in [-0.1, -0.05) is 29.8 Å². The van der Waals surface area contributed by atoms with Gasteiger partial charge in [0.15, 0.2) is 0 Å². The first-order chi connectivity index (χ1) is 13.4. The molecule has 0 spiro atoms. The maximum Gasteiger partial charge on any atom is 0.274 e. The van der Waals surface area contributed by atoms with E-state index in [4.69, 9.17) is 4.74 Å². The predicted molar refractivity (Wildman–Crippen MR) is 109 cm³/mol. The molecule has 3 rings (SSSR count). The standard InChI is InChI=1S/C22H23N3O3/c1-13-9-14(2)21(15(3)10-13)25-22(27)18-12-20(26)24-19(23-18)11-16-5-7-17(28-4)8-6-16/h5-10,12H,11H2,1-4H3,(H,25,27)(H,23,24,26). The third kappa shape index (κ3) is 4.46. The number of hydrogen-bond donors (Lipinski definition) is 2. The van der Waals surface area contributed by atoms with Gasteiger partial charge in [0.25, 0.3) is 11.5 Å². The minimum atomic E-state index is -0.405. The lowest BCUT2D eigenvalue weighted by molar-refractivity contribution is 0.102. The van der Waals surface area contributed by atoms with Gasteiger partial charge < -0.3 is 15.0 Å². The predicted octanol–water partition coefficient (Wildman–Crippen LogP) is 3.55. The number of aryl methyl sites for hydroxylation is 3. The molecule has 0 saturated heterocycles. The molecule has 0 radical (unpaired) electrons. The van der Waals surface area contributed by atoms with Crippen molar-refractivity contribution in [1.29, 1.82) is 0 Å².